The van der Waals surface area contributed by atoms with Gasteiger partial charge in [0.1, 0.15) is 73.8 Å². The minimum Gasteiger partial charge on any atom is -0.507 e. The Hall–Kier alpha value is -10.8. The van der Waals surface area contributed by atoms with Gasteiger partial charge in [0.05, 0.1) is 69.3 Å². The number of hydrogen-bond acceptors (Lipinski definition) is 19. The Kier molecular flexibility index (Phi) is 30.4. The van der Waals surface area contributed by atoms with Crippen LogP contribution in [0.25, 0.3) is 0 Å². The van der Waals surface area contributed by atoms with Crippen molar-refractivity contribution in [3.05, 3.63) is 221 Å². The van der Waals surface area contributed by atoms with Crippen LogP contribution < -0.4 is 38.8 Å². The predicted molar refractivity (Wildman–Crippen MR) is 414 cm³/mol. The van der Waals surface area contributed by atoms with Crippen LogP contribution >= 0.6 is 31.9 Å². The van der Waals surface area contributed by atoms with E-state index in [1.807, 2.05) is 72.5 Å². The number of carbonyl (C=O) groups is 5. The van der Waals surface area contributed by atoms with Gasteiger partial charge in [0.2, 0.25) is 10.0 Å². The molecule has 8 aromatic rings. The first-order valence-electron chi connectivity index (χ1n) is 34.0. The molecule has 3 aliphatic heterocycles. The maximum atomic E-state index is 13.7. The average Bonchev–Trinajstić information content (AvgIpc) is 0.799. The molecule has 3 fully saturated rings. The number of piperidine rings is 2. The van der Waals surface area contributed by atoms with Crippen molar-refractivity contribution in [2.24, 2.45) is 17.0 Å². The van der Waals surface area contributed by atoms with E-state index < -0.39 is 33.9 Å². The Morgan fingerprint density at radius 2 is 0.897 bits per heavy atom. The number of phenols is 2. The molecule has 0 radical (unpaired) electrons. The van der Waals surface area contributed by atoms with Crippen LogP contribution in [-0.4, -0.2) is 157 Å². The van der Waals surface area contributed by atoms with Gasteiger partial charge >= 0.3 is 23.9 Å². The number of hydrogen-bond donors (Lipinski definition) is 6. The second kappa shape index (κ2) is 39.0. The number of sulfonamides is 1. The van der Waals surface area contributed by atoms with Gasteiger partial charge in [0.15, 0.2) is 0 Å². The van der Waals surface area contributed by atoms with Gasteiger partial charge in [-0.15, -0.1) is 0 Å². The lowest BCUT2D eigenvalue weighted by Crippen LogP contribution is -2.49. The Balaban J connectivity index is 0.000000209. The monoisotopic (exact) mass is 1610 g/mol. The fraction of sp³-hybridized carbons (Fsp3) is 0.312. The molecule has 11 rings (SSSR count). The van der Waals surface area contributed by atoms with Crippen LogP contribution in [0.15, 0.2) is 153 Å². The third-order valence-corrected chi connectivity index (χ3v) is 21.2. The number of nitriles is 2. The Morgan fingerprint density at radius 1 is 0.477 bits per heavy atom. The summed E-state index contributed by atoms with van der Waals surface area (Å²) in [4.78, 5) is 65.9. The third kappa shape index (κ3) is 22.1. The van der Waals surface area contributed by atoms with Gasteiger partial charge in [0.25, 0.3) is 5.91 Å². The first-order valence-corrected chi connectivity index (χ1v) is 37.1. The largest absolute Gasteiger partial charge is 0.507 e. The van der Waals surface area contributed by atoms with E-state index in [1.54, 1.807) is 81.5 Å². The predicted octanol–water partition coefficient (Wildman–Crippen LogP) is 13.8. The number of piperazine rings is 1. The van der Waals surface area contributed by atoms with Gasteiger partial charge in [-0.05, 0) is 202 Å². The van der Waals surface area contributed by atoms with Crippen molar-refractivity contribution in [1.82, 2.24) is 4.90 Å². The molecule has 107 heavy (non-hydrogen) atoms. The number of esters is 1. The first-order chi connectivity index (χ1) is 51.0. The van der Waals surface area contributed by atoms with Crippen LogP contribution in [0.2, 0.25) is 0 Å². The maximum absolute atomic E-state index is 13.7. The second-order valence-corrected chi connectivity index (χ2v) is 28.7. The van der Waals surface area contributed by atoms with E-state index in [1.165, 1.54) is 51.7 Å². The SMILES string of the molecule is COC(=O)c1cc(Br)c(C)cc1OC.COc1cc(C)c(CC2CCN(c3ccccc3C#N)CC2)cc1C(=O)N1CCN(c2ccccc2S(N)(=O)=O)CC1.COc1cc(OC)c(C(=O)O)cc1CC1CCN(c2ccccc2C#N)CC1.Cc1cc(O)c(C(=O)O)cc1Br.Cc1ccc(C(=O)O)c(O)c1. The molecular formula is C80H87Br2N7O17S. The highest BCUT2D eigenvalue weighted by Gasteiger charge is 2.30. The van der Waals surface area contributed by atoms with Crippen molar-refractivity contribution in [2.75, 3.05) is 103 Å². The molecule has 24 nitrogen and oxygen atoms in total. The van der Waals surface area contributed by atoms with Crippen LogP contribution in [0.4, 0.5) is 17.1 Å². The van der Waals surface area contributed by atoms with E-state index in [2.05, 4.69) is 65.5 Å². The Morgan fingerprint density at radius 3 is 1.37 bits per heavy atom. The lowest BCUT2D eigenvalue weighted by Gasteiger charge is -2.37. The molecule has 1 amide bonds. The number of anilines is 3. The molecule has 3 aliphatic rings. The zero-order chi connectivity index (χ0) is 78.4. The molecule has 0 spiro atoms. The number of carboxylic acid groups (broad SMARTS) is 3. The molecule has 0 unspecified atom stereocenters. The summed E-state index contributed by atoms with van der Waals surface area (Å²) < 4.78 is 51.7. The highest BCUT2D eigenvalue weighted by Crippen LogP contribution is 2.37. The van der Waals surface area contributed by atoms with Gasteiger partial charge < -0.3 is 68.8 Å². The summed E-state index contributed by atoms with van der Waals surface area (Å²) in [6, 6.07) is 44.7. The number of aryl methyl sites for hydroxylation is 4. The number of nitrogens with two attached hydrogens (primary N) is 1. The number of ether oxygens (including phenoxy) is 5. The van der Waals surface area contributed by atoms with Crippen molar-refractivity contribution < 1.29 is 81.6 Å². The molecule has 3 saturated heterocycles. The summed E-state index contributed by atoms with van der Waals surface area (Å²) in [5, 5.41) is 69.1. The van der Waals surface area contributed by atoms with Gasteiger partial charge in [-0.25, -0.2) is 32.7 Å². The summed E-state index contributed by atoms with van der Waals surface area (Å²) >= 11 is 6.52. The van der Waals surface area contributed by atoms with Crippen molar-refractivity contribution >= 4 is 88.7 Å². The van der Waals surface area contributed by atoms with Gasteiger partial charge in [-0.2, -0.15) is 10.5 Å². The van der Waals surface area contributed by atoms with Gasteiger partial charge in [-0.1, -0.05) is 74.3 Å². The maximum Gasteiger partial charge on any atom is 0.341 e. The van der Waals surface area contributed by atoms with Gasteiger partial charge in [0, 0.05) is 67.4 Å². The number of nitrogens with zero attached hydrogens (tertiary/aromatic N) is 6. The number of aromatic hydroxyl groups is 2. The van der Waals surface area contributed by atoms with Gasteiger partial charge in [-0.3, -0.25) is 4.79 Å². The number of carbonyl (C=O) groups excluding carboxylic acids is 2. The molecule has 0 aromatic heterocycles. The summed E-state index contributed by atoms with van der Waals surface area (Å²) in [6.45, 7) is 13.0. The molecule has 8 aromatic carbocycles. The molecule has 0 aliphatic carbocycles. The summed E-state index contributed by atoms with van der Waals surface area (Å²) in [5.41, 5.74) is 10.7. The normalized spacial score (nSPS) is 13.5. The standard InChI is InChI=1S/C32H37N5O4S.C22H24N2O4.C10H11BrO3.C8H7BrO3.C8H8O3/c1-23-19-30(41-2)27(21-26(23)20-24-11-13-35(14-12-24)28-8-4-3-7-25(28)22-33)32(38)37-17-15-36(16-18-37)29-9-5-6-10-31(29)42(34,39)40;1-27-20-13-21(28-2)18(22(25)26)12-17(20)11-15-7-9-24(10-8-15)19-6-4-3-5-16(19)14-23;1-6-4-9(13-2)7(5-8(6)11)10(12)14-3;1-4-2-7(10)5(8(11)12)3-6(4)9;1-5-2-3-6(8(10)11)7(9)4-5/h3-10,19,21,24H,11-18,20H2,1-2H3,(H2,34,39,40);3-6,12-13,15H,7-11H2,1-2H3,(H,25,26);4-5H,1-3H3;2-3,10H,1H3,(H,11,12);2-4,9H,1H3,(H,10,11). The Bertz CT molecular complexity index is 4730. The van der Waals surface area contributed by atoms with Crippen molar-refractivity contribution in [2.45, 2.75) is 71.1 Å². The van der Waals surface area contributed by atoms with E-state index in [0.29, 0.717) is 93.4 Å². The third-order valence-electron chi connectivity index (χ3n) is 18.6. The van der Waals surface area contributed by atoms with Crippen LogP contribution in [-0.2, 0) is 27.6 Å². The summed E-state index contributed by atoms with van der Waals surface area (Å²) in [5.74, 6) is -1.18. The van der Waals surface area contributed by atoms with Crippen LogP contribution in [0.5, 0.6) is 34.5 Å². The van der Waals surface area contributed by atoms with Crippen molar-refractivity contribution in [3.8, 4) is 46.6 Å². The average molecular weight is 1610 g/mol. The van der Waals surface area contributed by atoms with E-state index in [4.69, 9.17) is 39.4 Å². The molecule has 3 heterocycles. The molecule has 0 bridgehead atoms. The molecule has 7 N–H and O–H groups in total. The number of rotatable bonds is 17. The zero-order valence-electron chi connectivity index (χ0n) is 60.9. The number of methoxy groups -OCH3 is 5. The summed E-state index contributed by atoms with van der Waals surface area (Å²) in [7, 11) is 3.63. The second-order valence-electron chi connectivity index (χ2n) is 25.5. The number of halogens is 2. The van der Waals surface area contributed by atoms with Crippen LogP contribution in [0.3, 0.4) is 0 Å². The van der Waals surface area contributed by atoms with E-state index in [9.17, 15) is 53.1 Å². The topological polar surface area (TPSA) is 353 Å². The lowest BCUT2D eigenvalue weighted by molar-refractivity contribution is 0.0594. The van der Waals surface area contributed by atoms with Crippen LogP contribution in [0.1, 0.15) is 122 Å². The zero-order valence-corrected chi connectivity index (χ0v) is 64.9. The van der Waals surface area contributed by atoms with E-state index >= 15 is 0 Å². The highest BCUT2D eigenvalue weighted by molar-refractivity contribution is 9.10. The molecule has 27 heteroatoms. The number of carboxylic acids is 3. The number of amides is 1. The van der Waals surface area contributed by atoms with E-state index in [0.717, 1.165) is 114 Å². The number of primary sulfonamides is 1. The van der Waals surface area contributed by atoms with Crippen molar-refractivity contribution in [3.63, 3.8) is 0 Å². The number of aromatic carboxylic acids is 3. The minimum absolute atomic E-state index is 0.0596. The molecule has 564 valence electrons. The first kappa shape index (κ1) is 83.4. The fourth-order valence-electron chi connectivity index (χ4n) is 12.7. The molecule has 0 atom stereocenters. The smallest absolute Gasteiger partial charge is 0.341 e. The minimum atomic E-state index is -3.86. The highest BCUT2D eigenvalue weighted by atomic mass is 79.9. The van der Waals surface area contributed by atoms with Crippen molar-refractivity contribution in [1.29, 1.82) is 10.5 Å². The number of benzene rings is 8. The summed E-state index contributed by atoms with van der Waals surface area (Å²) in [6.07, 6.45) is 5.59. The van der Waals surface area contributed by atoms with E-state index in [-0.39, 0.29) is 39.0 Å². The molecule has 0 saturated carbocycles. The quantitative estimate of drug-likeness (QED) is 0.0461. The number of para-hydroxylation sites is 3. The lowest BCUT2D eigenvalue weighted by atomic mass is 9.87. The fourth-order valence-corrected chi connectivity index (χ4v) is 14.1. The van der Waals surface area contributed by atoms with Crippen LogP contribution in [0, 0.1) is 62.2 Å². The Labute approximate surface area is 640 Å². The molecular weight excluding hydrogens is 1520 g/mol.